The lowest BCUT2D eigenvalue weighted by molar-refractivity contribution is -0.153. The van der Waals surface area contributed by atoms with Crippen LogP contribution >= 0.6 is 0 Å². The number of rotatable bonds is 6. The molecular weight excluding hydrogens is 202 g/mol. The minimum absolute atomic E-state index is 0.151. The highest BCUT2D eigenvalue weighted by atomic mass is 16.6. The van der Waals surface area contributed by atoms with Crippen molar-refractivity contribution in [3.63, 3.8) is 0 Å². The van der Waals surface area contributed by atoms with Crippen LogP contribution in [-0.2, 0) is 9.53 Å². The first kappa shape index (κ1) is 13.5. The zero-order chi connectivity index (χ0) is 12.2. The minimum Gasteiger partial charge on any atom is -0.459 e. The average Bonchev–Trinajstić information content (AvgIpc) is 2.92. The molecule has 1 N–H and O–H groups in total. The number of ether oxygens (including phenoxy) is 1. The van der Waals surface area contributed by atoms with Crippen LogP contribution in [0.25, 0.3) is 0 Å². The molecule has 1 unspecified atom stereocenters. The summed E-state index contributed by atoms with van der Waals surface area (Å²) in [5, 5.41) is 3.29. The van der Waals surface area contributed by atoms with Gasteiger partial charge in [-0.15, -0.1) is 0 Å². The van der Waals surface area contributed by atoms with Gasteiger partial charge in [0.2, 0.25) is 0 Å². The maximum Gasteiger partial charge on any atom is 0.320 e. The molecule has 0 aromatic carbocycles. The van der Waals surface area contributed by atoms with E-state index in [4.69, 9.17) is 4.74 Å². The fourth-order valence-corrected chi connectivity index (χ4v) is 1.76. The Balaban J connectivity index is 2.17. The van der Waals surface area contributed by atoms with E-state index >= 15 is 0 Å². The molecule has 0 bridgehead atoms. The Morgan fingerprint density at radius 2 is 2.06 bits per heavy atom. The van der Waals surface area contributed by atoms with Crippen molar-refractivity contribution in [3.05, 3.63) is 0 Å². The maximum absolute atomic E-state index is 11.5. The summed E-state index contributed by atoms with van der Waals surface area (Å²) in [7, 11) is 0. The van der Waals surface area contributed by atoms with Crippen LogP contribution in [0.4, 0.5) is 0 Å². The largest absolute Gasteiger partial charge is 0.459 e. The van der Waals surface area contributed by atoms with Crippen molar-refractivity contribution in [2.24, 2.45) is 5.92 Å². The molecule has 0 aliphatic heterocycles. The van der Waals surface area contributed by atoms with Crippen molar-refractivity contribution < 1.29 is 9.53 Å². The lowest BCUT2D eigenvalue weighted by atomic mass is 10.1. The maximum atomic E-state index is 11.5. The van der Waals surface area contributed by atoms with Crippen LogP contribution in [0.2, 0.25) is 0 Å². The van der Waals surface area contributed by atoms with Gasteiger partial charge >= 0.3 is 5.97 Å². The van der Waals surface area contributed by atoms with E-state index in [-0.39, 0.29) is 11.6 Å². The molecule has 1 atom stereocenters. The molecule has 16 heavy (non-hydrogen) atoms. The van der Waals surface area contributed by atoms with Gasteiger partial charge in [0.05, 0.1) is 6.54 Å². The zero-order valence-corrected chi connectivity index (χ0v) is 11.0. The third-order valence-electron chi connectivity index (χ3n) is 2.76. The zero-order valence-electron chi connectivity index (χ0n) is 11.0. The molecule has 3 nitrogen and oxygen atoms in total. The van der Waals surface area contributed by atoms with Gasteiger partial charge in [0, 0.05) is 6.04 Å². The van der Waals surface area contributed by atoms with Crippen LogP contribution in [0, 0.1) is 5.92 Å². The molecule has 1 aliphatic carbocycles. The normalized spacial score (nSPS) is 18.2. The van der Waals surface area contributed by atoms with E-state index in [1.807, 2.05) is 20.8 Å². The van der Waals surface area contributed by atoms with Crippen LogP contribution in [-0.4, -0.2) is 24.2 Å². The van der Waals surface area contributed by atoms with Crippen molar-refractivity contribution in [1.82, 2.24) is 5.32 Å². The van der Waals surface area contributed by atoms with Gasteiger partial charge in [0.1, 0.15) is 5.60 Å². The molecule has 1 rings (SSSR count). The summed E-state index contributed by atoms with van der Waals surface area (Å²) in [5.74, 6) is 0.748. The molecule has 0 aromatic heterocycles. The first-order chi connectivity index (χ1) is 7.40. The van der Waals surface area contributed by atoms with Gasteiger partial charge in [-0.25, -0.2) is 0 Å². The van der Waals surface area contributed by atoms with Crippen LogP contribution in [0.5, 0.6) is 0 Å². The SMILES string of the molecule is CCC(CC1CC1)NCC(=O)OC(C)(C)C. The topological polar surface area (TPSA) is 38.3 Å². The van der Waals surface area contributed by atoms with E-state index in [0.29, 0.717) is 12.6 Å². The summed E-state index contributed by atoms with van der Waals surface area (Å²) < 4.78 is 5.25. The number of hydrogen-bond donors (Lipinski definition) is 1. The van der Waals surface area contributed by atoms with Crippen LogP contribution < -0.4 is 5.32 Å². The summed E-state index contributed by atoms with van der Waals surface area (Å²) in [6.45, 7) is 8.18. The molecule has 1 fully saturated rings. The number of carbonyl (C=O) groups is 1. The highest BCUT2D eigenvalue weighted by molar-refractivity contribution is 5.72. The highest BCUT2D eigenvalue weighted by Gasteiger charge is 2.25. The van der Waals surface area contributed by atoms with Crippen molar-refractivity contribution >= 4 is 5.97 Å². The predicted molar refractivity (Wildman–Crippen MR) is 65.3 cm³/mol. The molecular formula is C13H25NO2. The molecule has 1 saturated carbocycles. The monoisotopic (exact) mass is 227 g/mol. The van der Waals surface area contributed by atoms with E-state index in [9.17, 15) is 4.79 Å². The number of nitrogens with one attached hydrogen (secondary N) is 1. The Kier molecular flexibility index (Phi) is 4.78. The Bertz CT molecular complexity index is 229. The number of esters is 1. The molecule has 0 saturated heterocycles. The molecule has 94 valence electrons. The Morgan fingerprint density at radius 3 is 2.50 bits per heavy atom. The van der Waals surface area contributed by atoms with Gasteiger partial charge < -0.3 is 10.1 Å². The van der Waals surface area contributed by atoms with E-state index in [0.717, 1.165) is 12.3 Å². The van der Waals surface area contributed by atoms with Gasteiger partial charge in [0.25, 0.3) is 0 Å². The summed E-state index contributed by atoms with van der Waals surface area (Å²) in [5.41, 5.74) is -0.378. The second-order valence-electron chi connectivity index (χ2n) is 5.75. The Hall–Kier alpha value is -0.570. The molecule has 3 heteroatoms. The van der Waals surface area contributed by atoms with Gasteiger partial charge in [-0.2, -0.15) is 0 Å². The van der Waals surface area contributed by atoms with E-state index < -0.39 is 0 Å². The van der Waals surface area contributed by atoms with Crippen LogP contribution in [0.15, 0.2) is 0 Å². The third-order valence-corrected chi connectivity index (χ3v) is 2.76. The fourth-order valence-electron chi connectivity index (χ4n) is 1.76. The van der Waals surface area contributed by atoms with Gasteiger partial charge in [-0.1, -0.05) is 19.8 Å². The van der Waals surface area contributed by atoms with Crippen LogP contribution in [0.3, 0.4) is 0 Å². The fraction of sp³-hybridized carbons (Fsp3) is 0.923. The standard InChI is InChI=1S/C13H25NO2/c1-5-11(8-10-6-7-10)14-9-12(15)16-13(2,3)4/h10-11,14H,5-9H2,1-4H3. The summed E-state index contributed by atoms with van der Waals surface area (Å²) in [4.78, 5) is 11.5. The van der Waals surface area contributed by atoms with E-state index in [2.05, 4.69) is 12.2 Å². The van der Waals surface area contributed by atoms with Crippen molar-refractivity contribution in [2.75, 3.05) is 6.54 Å². The minimum atomic E-state index is -0.378. The Morgan fingerprint density at radius 1 is 1.44 bits per heavy atom. The van der Waals surface area contributed by atoms with Crippen LogP contribution in [0.1, 0.15) is 53.4 Å². The molecule has 0 heterocycles. The lowest BCUT2D eigenvalue weighted by Crippen LogP contribution is -2.37. The van der Waals surface area contributed by atoms with Gasteiger partial charge in [-0.05, 0) is 39.5 Å². The van der Waals surface area contributed by atoms with E-state index in [1.165, 1.54) is 19.3 Å². The second-order valence-corrected chi connectivity index (χ2v) is 5.75. The highest BCUT2D eigenvalue weighted by Crippen LogP contribution is 2.33. The summed E-state index contributed by atoms with van der Waals surface area (Å²) >= 11 is 0. The molecule has 0 spiro atoms. The number of carbonyl (C=O) groups excluding carboxylic acids is 1. The Labute approximate surface area is 98.9 Å². The molecule has 0 amide bonds. The van der Waals surface area contributed by atoms with Gasteiger partial charge in [0.15, 0.2) is 0 Å². The van der Waals surface area contributed by atoms with Gasteiger partial charge in [-0.3, -0.25) is 4.79 Å². The van der Waals surface area contributed by atoms with Crippen molar-refractivity contribution in [2.45, 2.75) is 65.0 Å². The van der Waals surface area contributed by atoms with E-state index in [1.54, 1.807) is 0 Å². The first-order valence-electron chi connectivity index (χ1n) is 6.36. The second kappa shape index (κ2) is 5.67. The number of hydrogen-bond acceptors (Lipinski definition) is 3. The lowest BCUT2D eigenvalue weighted by Gasteiger charge is -2.21. The average molecular weight is 227 g/mol. The summed E-state index contributed by atoms with van der Waals surface area (Å²) in [6, 6.07) is 0.472. The quantitative estimate of drug-likeness (QED) is 0.708. The molecule has 1 aliphatic rings. The van der Waals surface area contributed by atoms with Crippen molar-refractivity contribution in [3.8, 4) is 0 Å². The third kappa shape index (κ3) is 6.11. The molecule has 0 aromatic rings. The van der Waals surface area contributed by atoms with Crippen molar-refractivity contribution in [1.29, 1.82) is 0 Å². The first-order valence-corrected chi connectivity index (χ1v) is 6.36. The summed E-state index contributed by atoms with van der Waals surface area (Å²) in [6.07, 6.45) is 5.02. The predicted octanol–water partition coefficient (Wildman–Crippen LogP) is 2.50. The molecule has 0 radical (unpaired) electrons. The smallest absolute Gasteiger partial charge is 0.320 e.